The van der Waals surface area contributed by atoms with Crippen LogP contribution in [0.3, 0.4) is 0 Å². The topological polar surface area (TPSA) is 38.0 Å². The SMILES string of the molecule is C[C@H](N)CN[C@@H]1C[C@H]2CC[C@]1(C)C2(C)C. The number of fused-ring (bicyclic) bond motifs is 2. The molecule has 0 radical (unpaired) electrons. The summed E-state index contributed by atoms with van der Waals surface area (Å²) in [6.07, 6.45) is 4.18. The van der Waals surface area contributed by atoms with Gasteiger partial charge in [-0.15, -0.1) is 0 Å². The Bertz CT molecular complexity index is 247. The maximum Gasteiger partial charge on any atom is 0.0136 e. The van der Waals surface area contributed by atoms with Crippen LogP contribution in [0.4, 0.5) is 0 Å². The van der Waals surface area contributed by atoms with Crippen molar-refractivity contribution >= 4 is 0 Å². The Morgan fingerprint density at radius 1 is 1.40 bits per heavy atom. The number of hydrogen-bond donors (Lipinski definition) is 2. The minimum atomic E-state index is 0.274. The third kappa shape index (κ3) is 1.53. The Labute approximate surface area is 94.0 Å². The van der Waals surface area contributed by atoms with Gasteiger partial charge in [-0.05, 0) is 42.9 Å². The molecule has 2 aliphatic rings. The van der Waals surface area contributed by atoms with E-state index in [0.29, 0.717) is 16.9 Å². The molecule has 0 aliphatic heterocycles. The van der Waals surface area contributed by atoms with Crippen LogP contribution in [0.25, 0.3) is 0 Å². The molecule has 0 aromatic rings. The van der Waals surface area contributed by atoms with Crippen LogP contribution in [-0.4, -0.2) is 18.6 Å². The zero-order valence-electron chi connectivity index (χ0n) is 10.6. The Morgan fingerprint density at radius 2 is 2.07 bits per heavy atom. The van der Waals surface area contributed by atoms with Gasteiger partial charge < -0.3 is 11.1 Å². The van der Waals surface area contributed by atoms with Gasteiger partial charge in [0.15, 0.2) is 0 Å². The molecule has 2 aliphatic carbocycles. The van der Waals surface area contributed by atoms with Crippen molar-refractivity contribution in [2.24, 2.45) is 22.5 Å². The Morgan fingerprint density at radius 3 is 2.47 bits per heavy atom. The van der Waals surface area contributed by atoms with E-state index in [0.717, 1.165) is 12.5 Å². The summed E-state index contributed by atoms with van der Waals surface area (Å²) in [7, 11) is 0. The first-order chi connectivity index (χ1) is 6.88. The zero-order chi connectivity index (χ0) is 11.3. The molecule has 2 saturated carbocycles. The highest BCUT2D eigenvalue weighted by Crippen LogP contribution is 2.65. The lowest BCUT2D eigenvalue weighted by atomic mass is 9.69. The van der Waals surface area contributed by atoms with Gasteiger partial charge in [0, 0.05) is 18.6 Å². The van der Waals surface area contributed by atoms with Crippen molar-refractivity contribution in [1.82, 2.24) is 5.32 Å². The molecular formula is C13H26N2. The van der Waals surface area contributed by atoms with E-state index in [9.17, 15) is 0 Å². The average molecular weight is 210 g/mol. The average Bonchev–Trinajstić information content (AvgIpc) is 2.46. The van der Waals surface area contributed by atoms with Gasteiger partial charge in [0.1, 0.15) is 0 Å². The summed E-state index contributed by atoms with van der Waals surface area (Å²) in [5, 5.41) is 3.68. The molecule has 0 amide bonds. The molecule has 4 atom stereocenters. The maximum absolute atomic E-state index is 5.82. The van der Waals surface area contributed by atoms with Crippen LogP contribution in [0, 0.1) is 16.7 Å². The van der Waals surface area contributed by atoms with Gasteiger partial charge in [0.2, 0.25) is 0 Å². The third-order valence-electron chi connectivity index (χ3n) is 5.48. The number of rotatable bonds is 3. The standard InChI is InChI=1S/C13H26N2/c1-9(14)8-15-11-7-10-5-6-13(11,4)12(10,2)3/h9-11,15H,5-8,14H2,1-4H3/t9-,10+,11+,13-/m0/s1. The summed E-state index contributed by atoms with van der Waals surface area (Å²) in [6, 6.07) is 0.966. The highest BCUT2D eigenvalue weighted by atomic mass is 15.0. The molecule has 2 rings (SSSR count). The van der Waals surface area contributed by atoms with Crippen molar-refractivity contribution < 1.29 is 0 Å². The van der Waals surface area contributed by atoms with Gasteiger partial charge in [-0.1, -0.05) is 20.8 Å². The number of hydrogen-bond acceptors (Lipinski definition) is 2. The Balaban J connectivity index is 2.06. The highest BCUT2D eigenvalue weighted by Gasteiger charge is 2.60. The molecular weight excluding hydrogens is 184 g/mol. The van der Waals surface area contributed by atoms with Gasteiger partial charge in [-0.3, -0.25) is 0 Å². The van der Waals surface area contributed by atoms with Crippen molar-refractivity contribution in [2.75, 3.05) is 6.54 Å². The van der Waals surface area contributed by atoms with E-state index in [-0.39, 0.29) is 6.04 Å². The normalized spacial score (nSPS) is 44.6. The Kier molecular flexibility index (Phi) is 2.63. The number of nitrogens with one attached hydrogen (secondary N) is 1. The van der Waals surface area contributed by atoms with E-state index >= 15 is 0 Å². The van der Waals surface area contributed by atoms with Crippen molar-refractivity contribution in [1.29, 1.82) is 0 Å². The second-order valence-corrected chi connectivity index (χ2v) is 6.55. The molecule has 0 saturated heterocycles. The Hall–Kier alpha value is -0.0800. The molecule has 3 N–H and O–H groups in total. The van der Waals surface area contributed by atoms with E-state index < -0.39 is 0 Å². The molecule has 0 aromatic carbocycles. The molecule has 2 fully saturated rings. The molecule has 2 heteroatoms. The monoisotopic (exact) mass is 210 g/mol. The molecule has 2 nitrogen and oxygen atoms in total. The maximum atomic E-state index is 5.82. The van der Waals surface area contributed by atoms with E-state index in [4.69, 9.17) is 5.73 Å². The second kappa shape index (κ2) is 3.46. The lowest BCUT2D eigenvalue weighted by Gasteiger charge is -2.40. The first kappa shape index (κ1) is 11.4. The summed E-state index contributed by atoms with van der Waals surface area (Å²) in [4.78, 5) is 0. The van der Waals surface area contributed by atoms with Crippen LogP contribution in [0.2, 0.25) is 0 Å². The van der Waals surface area contributed by atoms with E-state index in [2.05, 4.69) is 33.0 Å². The predicted octanol–water partition coefficient (Wildman–Crippen LogP) is 2.14. The van der Waals surface area contributed by atoms with Gasteiger partial charge >= 0.3 is 0 Å². The summed E-state index contributed by atoms with van der Waals surface area (Å²) >= 11 is 0. The molecule has 0 aromatic heterocycles. The lowest BCUT2D eigenvalue weighted by molar-refractivity contribution is 0.121. The quantitative estimate of drug-likeness (QED) is 0.749. The van der Waals surface area contributed by atoms with Crippen LogP contribution in [0.5, 0.6) is 0 Å². The minimum absolute atomic E-state index is 0.274. The fourth-order valence-electron chi connectivity index (χ4n) is 3.84. The zero-order valence-corrected chi connectivity index (χ0v) is 10.6. The smallest absolute Gasteiger partial charge is 0.0136 e. The first-order valence-corrected chi connectivity index (χ1v) is 6.37. The summed E-state index contributed by atoms with van der Waals surface area (Å²) in [5.74, 6) is 0.924. The van der Waals surface area contributed by atoms with Gasteiger partial charge in [0.05, 0.1) is 0 Å². The van der Waals surface area contributed by atoms with Crippen LogP contribution < -0.4 is 11.1 Å². The van der Waals surface area contributed by atoms with Crippen LogP contribution >= 0.6 is 0 Å². The molecule has 0 heterocycles. The fourth-order valence-corrected chi connectivity index (χ4v) is 3.84. The van der Waals surface area contributed by atoms with E-state index in [1.165, 1.54) is 19.3 Å². The number of nitrogens with two attached hydrogens (primary N) is 1. The summed E-state index contributed by atoms with van der Waals surface area (Å²) in [6.45, 7) is 10.4. The molecule has 0 spiro atoms. The summed E-state index contributed by atoms with van der Waals surface area (Å²) in [5.41, 5.74) is 6.83. The third-order valence-corrected chi connectivity index (χ3v) is 5.48. The van der Waals surface area contributed by atoms with Crippen molar-refractivity contribution in [2.45, 2.75) is 59.0 Å². The first-order valence-electron chi connectivity index (χ1n) is 6.37. The van der Waals surface area contributed by atoms with Gasteiger partial charge in [-0.2, -0.15) is 0 Å². The van der Waals surface area contributed by atoms with Gasteiger partial charge in [0.25, 0.3) is 0 Å². The summed E-state index contributed by atoms with van der Waals surface area (Å²) < 4.78 is 0. The van der Waals surface area contributed by atoms with E-state index in [1.54, 1.807) is 0 Å². The predicted molar refractivity (Wildman–Crippen MR) is 64.7 cm³/mol. The van der Waals surface area contributed by atoms with Crippen LogP contribution in [0.15, 0.2) is 0 Å². The fraction of sp³-hybridized carbons (Fsp3) is 1.00. The highest BCUT2D eigenvalue weighted by molar-refractivity contribution is 5.12. The molecule has 2 bridgehead atoms. The van der Waals surface area contributed by atoms with Crippen molar-refractivity contribution in [3.8, 4) is 0 Å². The van der Waals surface area contributed by atoms with Crippen molar-refractivity contribution in [3.63, 3.8) is 0 Å². The molecule has 0 unspecified atom stereocenters. The molecule has 88 valence electrons. The van der Waals surface area contributed by atoms with Crippen molar-refractivity contribution in [3.05, 3.63) is 0 Å². The largest absolute Gasteiger partial charge is 0.327 e. The van der Waals surface area contributed by atoms with Gasteiger partial charge in [-0.25, -0.2) is 0 Å². The minimum Gasteiger partial charge on any atom is -0.327 e. The van der Waals surface area contributed by atoms with Crippen LogP contribution in [-0.2, 0) is 0 Å². The van der Waals surface area contributed by atoms with Crippen LogP contribution in [0.1, 0.15) is 47.0 Å². The second-order valence-electron chi connectivity index (χ2n) is 6.55. The molecule has 15 heavy (non-hydrogen) atoms. The van der Waals surface area contributed by atoms with E-state index in [1.807, 2.05) is 0 Å². The lowest BCUT2D eigenvalue weighted by Crippen LogP contribution is -2.47.